The highest BCUT2D eigenvalue weighted by atomic mass is 79.9. The van der Waals surface area contributed by atoms with Gasteiger partial charge in [0.05, 0.1) is 11.5 Å². The van der Waals surface area contributed by atoms with Crippen molar-refractivity contribution < 1.29 is 19.1 Å². The number of hydrogen-bond acceptors (Lipinski definition) is 2. The summed E-state index contributed by atoms with van der Waals surface area (Å²) in [5.41, 5.74) is 0.265. The van der Waals surface area contributed by atoms with Gasteiger partial charge in [0.1, 0.15) is 5.82 Å². The number of benzene rings is 1. The lowest BCUT2D eigenvalue weighted by molar-refractivity contribution is -0.144. The van der Waals surface area contributed by atoms with Gasteiger partial charge >= 0.3 is 5.97 Å². The first kappa shape index (κ1) is 14.0. The van der Waals surface area contributed by atoms with Crippen LogP contribution in [0.15, 0.2) is 22.7 Å². The van der Waals surface area contributed by atoms with E-state index < -0.39 is 17.7 Å². The number of amides is 1. The molecule has 0 spiro atoms. The topological polar surface area (TPSA) is 57.6 Å². The van der Waals surface area contributed by atoms with Crippen LogP contribution in [0.2, 0.25) is 0 Å². The van der Waals surface area contributed by atoms with Gasteiger partial charge in [0, 0.05) is 23.5 Å². The monoisotopic (exact) mass is 329 g/mol. The van der Waals surface area contributed by atoms with Crippen LogP contribution in [0.5, 0.6) is 0 Å². The molecule has 0 aromatic heterocycles. The molecule has 6 heteroatoms. The third-order valence-corrected chi connectivity index (χ3v) is 4.14. The predicted octanol–water partition coefficient (Wildman–Crippen LogP) is 2.38. The van der Waals surface area contributed by atoms with Gasteiger partial charge in [-0.15, -0.1) is 0 Å². The number of rotatable bonds is 3. The van der Waals surface area contributed by atoms with Crippen LogP contribution in [-0.2, 0) is 4.79 Å². The Morgan fingerprint density at radius 2 is 2.11 bits per heavy atom. The van der Waals surface area contributed by atoms with Crippen molar-refractivity contribution in [3.05, 3.63) is 34.1 Å². The first-order valence-electron chi connectivity index (χ1n) is 5.87. The van der Waals surface area contributed by atoms with Gasteiger partial charge in [-0.25, -0.2) is 4.39 Å². The fourth-order valence-electron chi connectivity index (χ4n) is 2.03. The molecule has 1 aromatic carbocycles. The van der Waals surface area contributed by atoms with Crippen molar-refractivity contribution in [2.24, 2.45) is 11.8 Å². The number of carbonyl (C=O) groups is 2. The zero-order valence-electron chi connectivity index (χ0n) is 10.3. The van der Waals surface area contributed by atoms with Gasteiger partial charge in [0.25, 0.3) is 5.91 Å². The number of halogens is 2. The molecular weight excluding hydrogens is 317 g/mol. The lowest BCUT2D eigenvalue weighted by Crippen LogP contribution is -2.53. The SMILES string of the molecule is CC(C(=O)O)C1CN(C(=O)c2cc(F)ccc2Br)C1. The van der Waals surface area contributed by atoms with Crippen LogP contribution in [0, 0.1) is 17.7 Å². The van der Waals surface area contributed by atoms with E-state index in [1.165, 1.54) is 23.1 Å². The third kappa shape index (κ3) is 2.78. The number of likely N-dealkylation sites (tertiary alicyclic amines) is 1. The molecule has 1 N–H and O–H groups in total. The second kappa shape index (κ2) is 5.28. The number of carboxylic acids is 1. The summed E-state index contributed by atoms with van der Waals surface area (Å²) >= 11 is 3.21. The van der Waals surface area contributed by atoms with E-state index >= 15 is 0 Å². The smallest absolute Gasteiger partial charge is 0.306 e. The molecule has 0 saturated carbocycles. The van der Waals surface area contributed by atoms with Gasteiger partial charge < -0.3 is 10.0 Å². The van der Waals surface area contributed by atoms with Gasteiger partial charge in [-0.3, -0.25) is 9.59 Å². The molecule has 1 aliphatic rings. The summed E-state index contributed by atoms with van der Waals surface area (Å²) in [7, 11) is 0. The average molecular weight is 330 g/mol. The van der Waals surface area contributed by atoms with Crippen LogP contribution in [-0.4, -0.2) is 35.0 Å². The fourth-order valence-corrected chi connectivity index (χ4v) is 2.44. The van der Waals surface area contributed by atoms with Crippen LogP contribution in [0.4, 0.5) is 4.39 Å². The van der Waals surface area contributed by atoms with Gasteiger partial charge in [-0.05, 0) is 34.1 Å². The molecule has 0 aliphatic carbocycles. The van der Waals surface area contributed by atoms with Gasteiger partial charge in [-0.1, -0.05) is 6.92 Å². The van der Waals surface area contributed by atoms with Crippen molar-refractivity contribution in [1.29, 1.82) is 0 Å². The van der Waals surface area contributed by atoms with Crippen LogP contribution in [0.3, 0.4) is 0 Å². The molecule has 4 nitrogen and oxygen atoms in total. The number of nitrogens with zero attached hydrogens (tertiary/aromatic N) is 1. The Hall–Kier alpha value is -1.43. The Kier molecular flexibility index (Phi) is 3.89. The van der Waals surface area contributed by atoms with Gasteiger partial charge in [0.2, 0.25) is 0 Å². The van der Waals surface area contributed by atoms with E-state index in [1.54, 1.807) is 6.92 Å². The van der Waals surface area contributed by atoms with Crippen molar-refractivity contribution in [3.8, 4) is 0 Å². The minimum absolute atomic E-state index is 0.0335. The summed E-state index contributed by atoms with van der Waals surface area (Å²) in [5, 5.41) is 8.88. The molecule has 1 heterocycles. The number of carboxylic acid groups (broad SMARTS) is 1. The van der Waals surface area contributed by atoms with Crippen molar-refractivity contribution in [3.63, 3.8) is 0 Å². The van der Waals surface area contributed by atoms with E-state index in [4.69, 9.17) is 5.11 Å². The summed E-state index contributed by atoms with van der Waals surface area (Å²) in [4.78, 5) is 24.5. The minimum Gasteiger partial charge on any atom is -0.481 e. The maximum absolute atomic E-state index is 13.1. The normalized spacial score (nSPS) is 16.9. The van der Waals surface area contributed by atoms with Crippen molar-refractivity contribution in [2.75, 3.05) is 13.1 Å². The minimum atomic E-state index is -0.857. The molecule has 1 saturated heterocycles. The molecule has 102 valence electrons. The Labute approximate surface area is 118 Å². The van der Waals surface area contributed by atoms with E-state index in [2.05, 4.69) is 15.9 Å². The van der Waals surface area contributed by atoms with Gasteiger partial charge in [-0.2, -0.15) is 0 Å². The number of hydrogen-bond donors (Lipinski definition) is 1. The zero-order chi connectivity index (χ0) is 14.2. The van der Waals surface area contributed by atoms with Crippen molar-refractivity contribution in [2.45, 2.75) is 6.92 Å². The largest absolute Gasteiger partial charge is 0.481 e. The first-order valence-corrected chi connectivity index (χ1v) is 6.66. The average Bonchev–Trinajstić information content (AvgIpc) is 2.29. The van der Waals surface area contributed by atoms with E-state index in [9.17, 15) is 14.0 Å². The van der Waals surface area contributed by atoms with E-state index in [-0.39, 0.29) is 17.4 Å². The van der Waals surface area contributed by atoms with Crippen LogP contribution >= 0.6 is 15.9 Å². The quantitative estimate of drug-likeness (QED) is 0.926. The van der Waals surface area contributed by atoms with Crippen LogP contribution in [0.1, 0.15) is 17.3 Å². The molecule has 0 bridgehead atoms. The highest BCUT2D eigenvalue weighted by molar-refractivity contribution is 9.10. The fraction of sp³-hybridized carbons (Fsp3) is 0.385. The van der Waals surface area contributed by atoms with Gasteiger partial charge in [0.15, 0.2) is 0 Å². The third-order valence-electron chi connectivity index (χ3n) is 3.45. The van der Waals surface area contributed by atoms with Crippen LogP contribution in [0.25, 0.3) is 0 Å². The number of carbonyl (C=O) groups excluding carboxylic acids is 1. The summed E-state index contributed by atoms with van der Waals surface area (Å²) in [6.07, 6.45) is 0. The van der Waals surface area contributed by atoms with E-state index in [0.29, 0.717) is 17.6 Å². The Morgan fingerprint density at radius 3 is 2.68 bits per heavy atom. The molecule has 2 rings (SSSR count). The van der Waals surface area contributed by atoms with E-state index in [1.807, 2.05) is 0 Å². The highest BCUT2D eigenvalue weighted by Gasteiger charge is 2.37. The molecule has 1 unspecified atom stereocenters. The Morgan fingerprint density at radius 1 is 1.47 bits per heavy atom. The second-order valence-electron chi connectivity index (χ2n) is 4.72. The molecule has 1 fully saturated rings. The maximum atomic E-state index is 13.1. The molecule has 1 atom stereocenters. The Balaban J connectivity index is 2.04. The highest BCUT2D eigenvalue weighted by Crippen LogP contribution is 2.28. The number of aliphatic carboxylic acids is 1. The lowest BCUT2D eigenvalue weighted by Gasteiger charge is -2.41. The van der Waals surface area contributed by atoms with Crippen molar-refractivity contribution >= 4 is 27.8 Å². The van der Waals surface area contributed by atoms with E-state index in [0.717, 1.165) is 0 Å². The summed E-state index contributed by atoms with van der Waals surface area (Å²) in [6.45, 7) is 2.43. The Bertz CT molecular complexity index is 529. The predicted molar refractivity (Wildman–Crippen MR) is 70.3 cm³/mol. The lowest BCUT2D eigenvalue weighted by atomic mass is 9.86. The summed E-state index contributed by atoms with van der Waals surface area (Å²) in [6, 6.07) is 3.94. The second-order valence-corrected chi connectivity index (χ2v) is 5.58. The molecule has 19 heavy (non-hydrogen) atoms. The summed E-state index contributed by atoms with van der Waals surface area (Å²) < 4.78 is 13.7. The standard InChI is InChI=1S/C13H13BrFNO3/c1-7(13(18)19)8-5-16(6-8)12(17)10-4-9(15)2-3-11(10)14/h2-4,7-8H,5-6H2,1H3,(H,18,19). The molecule has 0 radical (unpaired) electrons. The zero-order valence-corrected chi connectivity index (χ0v) is 11.9. The molecule has 1 aliphatic heterocycles. The summed E-state index contributed by atoms with van der Waals surface area (Å²) in [5.74, 6) is -2.11. The molecular formula is C13H13BrFNO3. The van der Waals surface area contributed by atoms with Crippen molar-refractivity contribution in [1.82, 2.24) is 4.90 Å². The molecule has 1 aromatic rings. The first-order chi connectivity index (χ1) is 8.90. The maximum Gasteiger partial charge on any atom is 0.306 e. The van der Waals surface area contributed by atoms with Crippen LogP contribution < -0.4 is 0 Å². The molecule has 1 amide bonds.